The van der Waals surface area contributed by atoms with E-state index in [0.29, 0.717) is 17.9 Å². The van der Waals surface area contributed by atoms with Gasteiger partial charge in [-0.3, -0.25) is 0 Å². The molecule has 0 amide bonds. The topological polar surface area (TPSA) is 59.7 Å². The second kappa shape index (κ2) is 4.82. The van der Waals surface area contributed by atoms with Gasteiger partial charge in [0.1, 0.15) is 11.3 Å². The largest absolute Gasteiger partial charge is 0.492 e. The van der Waals surface area contributed by atoms with Crippen LogP contribution in [0.4, 0.5) is 0 Å². The van der Waals surface area contributed by atoms with Crippen LogP contribution in [0.25, 0.3) is 11.0 Å². The van der Waals surface area contributed by atoms with Gasteiger partial charge < -0.3 is 14.3 Å². The molecule has 0 bridgehead atoms. The second-order valence-corrected chi connectivity index (χ2v) is 5.04. The van der Waals surface area contributed by atoms with Crippen molar-refractivity contribution >= 4 is 11.0 Å². The van der Waals surface area contributed by atoms with E-state index in [4.69, 9.17) is 9.15 Å². The maximum Gasteiger partial charge on any atom is 0.339 e. The highest BCUT2D eigenvalue weighted by Gasteiger charge is 2.18. The summed E-state index contributed by atoms with van der Waals surface area (Å²) in [7, 11) is 0. The molecule has 0 fully saturated rings. The maximum atomic E-state index is 11.4. The molecule has 1 N–H and O–H groups in total. The Bertz CT molecular complexity index is 598. The summed E-state index contributed by atoms with van der Waals surface area (Å²) in [4.78, 5) is 11.4. The molecule has 96 valence electrons. The maximum absolute atomic E-state index is 11.4. The lowest BCUT2D eigenvalue weighted by Crippen LogP contribution is -2.25. The van der Waals surface area contributed by atoms with Gasteiger partial charge in [0.2, 0.25) is 0 Å². The van der Waals surface area contributed by atoms with E-state index < -0.39 is 5.63 Å². The van der Waals surface area contributed by atoms with Crippen molar-refractivity contribution in [2.75, 3.05) is 13.2 Å². The second-order valence-electron chi connectivity index (χ2n) is 5.04. The summed E-state index contributed by atoms with van der Waals surface area (Å²) < 4.78 is 10.7. The molecule has 0 saturated heterocycles. The van der Waals surface area contributed by atoms with Gasteiger partial charge in [-0.15, -0.1) is 0 Å². The SMILES string of the molecule is CC(C)(CO)COc1cc(=O)oc2ccccc12. The number of benzene rings is 1. The average Bonchev–Trinajstić information content (AvgIpc) is 2.36. The first kappa shape index (κ1) is 12.6. The molecule has 0 unspecified atom stereocenters. The summed E-state index contributed by atoms with van der Waals surface area (Å²) in [5.74, 6) is 0.489. The minimum absolute atomic E-state index is 0.0202. The third-order valence-electron chi connectivity index (χ3n) is 2.66. The Morgan fingerprint density at radius 1 is 1.33 bits per heavy atom. The lowest BCUT2D eigenvalue weighted by molar-refractivity contribution is 0.0981. The Morgan fingerprint density at radius 3 is 2.78 bits per heavy atom. The number of hydrogen-bond acceptors (Lipinski definition) is 4. The lowest BCUT2D eigenvalue weighted by Gasteiger charge is -2.22. The van der Waals surface area contributed by atoms with E-state index in [0.717, 1.165) is 5.39 Å². The van der Waals surface area contributed by atoms with Crippen LogP contribution in [0.2, 0.25) is 0 Å². The fraction of sp³-hybridized carbons (Fsp3) is 0.357. The van der Waals surface area contributed by atoms with Gasteiger partial charge in [-0.05, 0) is 12.1 Å². The van der Waals surface area contributed by atoms with Crippen molar-refractivity contribution in [3.05, 3.63) is 40.8 Å². The van der Waals surface area contributed by atoms with Crippen molar-refractivity contribution in [2.45, 2.75) is 13.8 Å². The summed E-state index contributed by atoms with van der Waals surface area (Å²) in [5, 5.41) is 9.94. The predicted octanol–water partition coefficient (Wildman–Crippen LogP) is 2.19. The van der Waals surface area contributed by atoms with Crippen LogP contribution in [0.3, 0.4) is 0 Å². The molecule has 1 aromatic carbocycles. The highest BCUT2D eigenvalue weighted by Crippen LogP contribution is 2.25. The van der Waals surface area contributed by atoms with E-state index in [9.17, 15) is 9.90 Å². The van der Waals surface area contributed by atoms with E-state index in [-0.39, 0.29) is 12.0 Å². The number of para-hydroxylation sites is 1. The van der Waals surface area contributed by atoms with Crippen molar-refractivity contribution in [1.82, 2.24) is 0 Å². The number of fused-ring (bicyclic) bond motifs is 1. The molecule has 0 aliphatic rings. The van der Waals surface area contributed by atoms with E-state index in [1.165, 1.54) is 6.07 Å². The van der Waals surface area contributed by atoms with Crippen LogP contribution in [-0.2, 0) is 0 Å². The van der Waals surface area contributed by atoms with Gasteiger partial charge in [-0.2, -0.15) is 0 Å². The third kappa shape index (κ3) is 2.71. The Kier molecular flexibility index (Phi) is 3.39. The first-order valence-electron chi connectivity index (χ1n) is 5.78. The smallest absolute Gasteiger partial charge is 0.339 e. The van der Waals surface area contributed by atoms with E-state index in [2.05, 4.69) is 0 Å². The predicted molar refractivity (Wildman–Crippen MR) is 68.8 cm³/mol. The van der Waals surface area contributed by atoms with Crippen molar-refractivity contribution in [2.24, 2.45) is 5.41 Å². The molecule has 4 nitrogen and oxygen atoms in total. The minimum Gasteiger partial charge on any atom is -0.492 e. The zero-order valence-corrected chi connectivity index (χ0v) is 10.5. The molecule has 18 heavy (non-hydrogen) atoms. The molecule has 0 aliphatic carbocycles. The lowest BCUT2D eigenvalue weighted by atomic mass is 9.96. The Hall–Kier alpha value is -1.81. The molecule has 4 heteroatoms. The summed E-state index contributed by atoms with van der Waals surface area (Å²) in [6, 6.07) is 8.54. The molecule has 0 atom stereocenters. The van der Waals surface area contributed by atoms with Gasteiger partial charge >= 0.3 is 5.63 Å². The van der Waals surface area contributed by atoms with Crippen LogP contribution in [0.1, 0.15) is 13.8 Å². The zero-order chi connectivity index (χ0) is 13.2. The molecule has 0 spiro atoms. The van der Waals surface area contributed by atoms with Crippen molar-refractivity contribution in [1.29, 1.82) is 0 Å². The van der Waals surface area contributed by atoms with E-state index >= 15 is 0 Å². The fourth-order valence-electron chi connectivity index (χ4n) is 1.52. The highest BCUT2D eigenvalue weighted by atomic mass is 16.5. The standard InChI is InChI=1S/C14H16O4/c1-14(2,8-15)9-17-12-7-13(16)18-11-6-4-3-5-10(11)12/h3-7,15H,8-9H2,1-2H3. The zero-order valence-electron chi connectivity index (χ0n) is 10.5. The molecule has 1 heterocycles. The van der Waals surface area contributed by atoms with Crippen LogP contribution in [0.15, 0.2) is 39.5 Å². The molecule has 0 radical (unpaired) electrons. The minimum atomic E-state index is -0.439. The molecule has 1 aromatic heterocycles. The number of rotatable bonds is 4. The fourth-order valence-corrected chi connectivity index (χ4v) is 1.52. The van der Waals surface area contributed by atoms with E-state index in [1.54, 1.807) is 12.1 Å². The van der Waals surface area contributed by atoms with Crippen molar-refractivity contribution in [3.63, 3.8) is 0 Å². The van der Waals surface area contributed by atoms with Gasteiger partial charge in [-0.1, -0.05) is 26.0 Å². The average molecular weight is 248 g/mol. The first-order chi connectivity index (χ1) is 8.52. The summed E-state index contributed by atoms with van der Waals surface area (Å²) >= 11 is 0. The van der Waals surface area contributed by atoms with Gasteiger partial charge in [0.25, 0.3) is 0 Å². The summed E-state index contributed by atoms with van der Waals surface area (Å²) in [5.41, 5.74) is -0.288. The van der Waals surface area contributed by atoms with Crippen LogP contribution in [-0.4, -0.2) is 18.3 Å². The van der Waals surface area contributed by atoms with Gasteiger partial charge in [0.05, 0.1) is 24.7 Å². The van der Waals surface area contributed by atoms with Crippen LogP contribution < -0.4 is 10.4 Å². The number of aliphatic hydroxyl groups excluding tert-OH is 1. The molecular weight excluding hydrogens is 232 g/mol. The van der Waals surface area contributed by atoms with Gasteiger partial charge in [0.15, 0.2) is 0 Å². The van der Waals surface area contributed by atoms with E-state index in [1.807, 2.05) is 26.0 Å². The highest BCUT2D eigenvalue weighted by molar-refractivity contribution is 5.82. The summed E-state index contributed by atoms with van der Waals surface area (Å²) in [6.45, 7) is 4.13. The molecule has 0 aliphatic heterocycles. The Morgan fingerprint density at radius 2 is 2.06 bits per heavy atom. The number of hydrogen-bond donors (Lipinski definition) is 1. The Labute approximate surface area is 105 Å². The monoisotopic (exact) mass is 248 g/mol. The number of ether oxygens (including phenoxy) is 1. The first-order valence-corrected chi connectivity index (χ1v) is 5.78. The molecule has 2 rings (SSSR count). The third-order valence-corrected chi connectivity index (χ3v) is 2.66. The van der Waals surface area contributed by atoms with Crippen LogP contribution in [0.5, 0.6) is 5.75 Å². The quantitative estimate of drug-likeness (QED) is 0.842. The van der Waals surface area contributed by atoms with Crippen LogP contribution >= 0.6 is 0 Å². The molecule has 2 aromatic rings. The molecule has 0 saturated carbocycles. The number of aliphatic hydroxyl groups is 1. The Balaban J connectivity index is 2.36. The van der Waals surface area contributed by atoms with Gasteiger partial charge in [0, 0.05) is 5.41 Å². The van der Waals surface area contributed by atoms with Gasteiger partial charge in [-0.25, -0.2) is 4.79 Å². The summed E-state index contributed by atoms with van der Waals surface area (Å²) in [6.07, 6.45) is 0. The normalized spacial score (nSPS) is 11.7. The van der Waals surface area contributed by atoms with Crippen LogP contribution in [0, 0.1) is 5.41 Å². The molecular formula is C14H16O4. The van der Waals surface area contributed by atoms with Crippen molar-refractivity contribution in [3.8, 4) is 5.75 Å². The van der Waals surface area contributed by atoms with Crippen molar-refractivity contribution < 1.29 is 14.3 Å².